The molecule has 1 N–H and O–H groups in total. The summed E-state index contributed by atoms with van der Waals surface area (Å²) < 4.78 is 1.22. The van der Waals surface area contributed by atoms with E-state index in [1.165, 1.54) is 16.8 Å². The predicted molar refractivity (Wildman–Crippen MR) is 106 cm³/mol. The highest BCUT2D eigenvalue weighted by Gasteiger charge is 2.23. The number of hydrogen-bond donors (Lipinski definition) is 1. The van der Waals surface area contributed by atoms with Crippen LogP contribution in [0.1, 0.15) is 51.2 Å². The van der Waals surface area contributed by atoms with Gasteiger partial charge in [-0.3, -0.25) is 19.1 Å². The lowest BCUT2D eigenvalue weighted by molar-refractivity contribution is 0.102. The van der Waals surface area contributed by atoms with Crippen molar-refractivity contribution in [2.24, 2.45) is 0 Å². The number of aromatic nitrogens is 4. The van der Waals surface area contributed by atoms with Crippen molar-refractivity contribution in [3.05, 3.63) is 90.8 Å². The van der Waals surface area contributed by atoms with Gasteiger partial charge in [0.1, 0.15) is 23.2 Å². The molecule has 0 atom stereocenters. The van der Waals surface area contributed by atoms with Crippen molar-refractivity contribution in [2.75, 3.05) is 0 Å². The van der Waals surface area contributed by atoms with Crippen LogP contribution in [0.2, 0.25) is 0 Å². The average molecular weight is 389 g/mol. The van der Waals surface area contributed by atoms with E-state index >= 15 is 0 Å². The Hall–Kier alpha value is -3.86. The van der Waals surface area contributed by atoms with E-state index in [0.29, 0.717) is 11.3 Å². The van der Waals surface area contributed by atoms with Gasteiger partial charge < -0.3 is 0 Å². The third-order valence-electron chi connectivity index (χ3n) is 4.47. The third-order valence-corrected chi connectivity index (χ3v) is 4.47. The van der Waals surface area contributed by atoms with Crippen LogP contribution in [0.3, 0.4) is 0 Å². The molecule has 0 radical (unpaired) electrons. The number of rotatable bonds is 5. The molecular weight excluding hydrogens is 370 g/mol. The number of carbonyl (C=O) groups excluding carboxylic acids is 1. The molecule has 3 aromatic rings. The second-order valence-corrected chi connectivity index (χ2v) is 6.69. The number of aryl methyl sites for hydroxylation is 2. The van der Waals surface area contributed by atoms with E-state index in [4.69, 9.17) is 5.26 Å². The number of pyridine rings is 2. The van der Waals surface area contributed by atoms with Crippen LogP contribution in [0.25, 0.3) is 0 Å². The van der Waals surface area contributed by atoms with Gasteiger partial charge in [-0.1, -0.05) is 6.92 Å². The summed E-state index contributed by atoms with van der Waals surface area (Å²) in [5.41, 5.74) is 1.42. The zero-order valence-corrected chi connectivity index (χ0v) is 16.3. The molecule has 0 aliphatic heterocycles. The molecule has 146 valence electrons. The van der Waals surface area contributed by atoms with Crippen LogP contribution in [0.4, 0.5) is 0 Å². The zero-order valence-electron chi connectivity index (χ0n) is 16.3. The van der Waals surface area contributed by atoms with Crippen molar-refractivity contribution < 1.29 is 4.79 Å². The molecule has 29 heavy (non-hydrogen) atoms. The van der Waals surface area contributed by atoms with Crippen LogP contribution < -0.4 is 11.2 Å². The summed E-state index contributed by atoms with van der Waals surface area (Å²) >= 11 is 0. The summed E-state index contributed by atoms with van der Waals surface area (Å²) in [6, 6.07) is 8.59. The third kappa shape index (κ3) is 4.04. The van der Waals surface area contributed by atoms with E-state index in [-0.39, 0.29) is 35.6 Å². The molecule has 3 heterocycles. The summed E-state index contributed by atoms with van der Waals surface area (Å²) in [5, 5.41) is 9.05. The summed E-state index contributed by atoms with van der Waals surface area (Å²) in [5.74, 6) is -0.494. The van der Waals surface area contributed by atoms with Gasteiger partial charge >= 0.3 is 5.69 Å². The first-order valence-corrected chi connectivity index (χ1v) is 9.05. The highest BCUT2D eigenvalue weighted by Crippen LogP contribution is 2.14. The van der Waals surface area contributed by atoms with Crippen LogP contribution in [-0.2, 0) is 13.0 Å². The van der Waals surface area contributed by atoms with Crippen molar-refractivity contribution in [1.82, 2.24) is 19.5 Å². The number of aromatic amines is 1. The van der Waals surface area contributed by atoms with Gasteiger partial charge in [0.2, 0.25) is 5.78 Å². The van der Waals surface area contributed by atoms with Crippen molar-refractivity contribution in [2.45, 2.75) is 33.7 Å². The molecule has 0 unspecified atom stereocenters. The number of nitriles is 1. The molecule has 0 aromatic carbocycles. The van der Waals surface area contributed by atoms with Crippen LogP contribution in [-0.4, -0.2) is 25.3 Å². The molecular formula is C21H19N5O3. The first kappa shape index (κ1) is 19.9. The SMILES string of the molecule is CCc1c(C(=O)c2cc(C)cc(C)n2)n(Cc2ccnc(C#N)c2)c(=O)[nH]c1=O. The first-order valence-electron chi connectivity index (χ1n) is 9.05. The van der Waals surface area contributed by atoms with Crippen molar-refractivity contribution in [1.29, 1.82) is 5.26 Å². The summed E-state index contributed by atoms with van der Waals surface area (Å²) in [7, 11) is 0. The van der Waals surface area contributed by atoms with Crippen molar-refractivity contribution in [3.63, 3.8) is 0 Å². The average Bonchev–Trinajstić information content (AvgIpc) is 2.68. The quantitative estimate of drug-likeness (QED) is 0.662. The number of hydrogen-bond acceptors (Lipinski definition) is 6. The van der Waals surface area contributed by atoms with E-state index in [0.717, 1.165) is 5.56 Å². The Bertz CT molecular complexity index is 1240. The Morgan fingerprint density at radius 2 is 2.00 bits per heavy atom. The first-order chi connectivity index (χ1) is 13.8. The van der Waals surface area contributed by atoms with E-state index in [2.05, 4.69) is 15.0 Å². The van der Waals surface area contributed by atoms with Crippen molar-refractivity contribution in [3.8, 4) is 6.07 Å². The van der Waals surface area contributed by atoms with Gasteiger partial charge in [-0.25, -0.2) is 14.8 Å². The summed E-state index contributed by atoms with van der Waals surface area (Å²) in [6.45, 7) is 5.37. The van der Waals surface area contributed by atoms with Gasteiger partial charge in [0.05, 0.1) is 6.54 Å². The number of ketones is 1. The molecule has 3 aromatic heterocycles. The fourth-order valence-electron chi connectivity index (χ4n) is 3.25. The number of carbonyl (C=O) groups is 1. The highest BCUT2D eigenvalue weighted by molar-refractivity contribution is 6.07. The summed E-state index contributed by atoms with van der Waals surface area (Å²) in [6.07, 6.45) is 1.72. The normalized spacial score (nSPS) is 10.6. The minimum atomic E-state index is -0.699. The smallest absolute Gasteiger partial charge is 0.285 e. The molecule has 0 bridgehead atoms. The van der Waals surface area contributed by atoms with E-state index in [9.17, 15) is 14.4 Å². The minimum absolute atomic E-state index is 0.00564. The lowest BCUT2D eigenvalue weighted by Crippen LogP contribution is -2.37. The van der Waals surface area contributed by atoms with Crippen LogP contribution >= 0.6 is 0 Å². The second-order valence-electron chi connectivity index (χ2n) is 6.69. The zero-order chi connectivity index (χ0) is 21.1. The van der Waals surface area contributed by atoms with Gasteiger partial charge in [0.15, 0.2) is 0 Å². The molecule has 0 saturated heterocycles. The van der Waals surface area contributed by atoms with Crippen LogP contribution in [0, 0.1) is 25.2 Å². The van der Waals surface area contributed by atoms with Crippen LogP contribution in [0.5, 0.6) is 0 Å². The Morgan fingerprint density at radius 1 is 1.24 bits per heavy atom. The minimum Gasteiger partial charge on any atom is -0.285 e. The molecule has 8 nitrogen and oxygen atoms in total. The van der Waals surface area contributed by atoms with Gasteiger partial charge in [-0.15, -0.1) is 0 Å². The van der Waals surface area contributed by atoms with Crippen molar-refractivity contribution >= 4 is 5.78 Å². The topological polar surface area (TPSA) is 121 Å². The van der Waals surface area contributed by atoms with Gasteiger partial charge in [0, 0.05) is 17.5 Å². The fourth-order valence-corrected chi connectivity index (χ4v) is 3.25. The van der Waals surface area contributed by atoms with E-state index in [1.54, 1.807) is 26.0 Å². The standard InChI is InChI=1S/C21H19N5O3/c1-4-16-18(19(27)17-8-12(2)7-13(3)24-17)26(21(29)25-20(16)28)11-14-5-6-23-15(9-14)10-22/h5-9H,4,11H2,1-3H3,(H,25,28,29). The molecule has 0 spiro atoms. The molecule has 0 aliphatic carbocycles. The molecule has 0 fully saturated rings. The largest absolute Gasteiger partial charge is 0.329 e. The molecule has 3 rings (SSSR count). The number of H-pyrrole nitrogens is 1. The highest BCUT2D eigenvalue weighted by atomic mass is 16.2. The van der Waals surface area contributed by atoms with Gasteiger partial charge in [-0.2, -0.15) is 5.26 Å². The predicted octanol–water partition coefficient (Wildman–Crippen LogP) is 1.66. The van der Waals surface area contributed by atoms with Gasteiger partial charge in [-0.05, 0) is 55.7 Å². The number of nitrogens with zero attached hydrogens (tertiary/aromatic N) is 4. The maximum Gasteiger partial charge on any atom is 0.329 e. The molecule has 0 saturated carbocycles. The number of nitrogens with one attached hydrogen (secondary N) is 1. The Labute approximate surface area is 166 Å². The van der Waals surface area contributed by atoms with Gasteiger partial charge in [0.25, 0.3) is 5.56 Å². The van der Waals surface area contributed by atoms with E-state index in [1.807, 2.05) is 19.1 Å². The molecule has 8 heteroatoms. The lowest BCUT2D eigenvalue weighted by Gasteiger charge is -2.15. The Balaban J connectivity index is 2.23. The molecule has 0 aliphatic rings. The maximum absolute atomic E-state index is 13.3. The Morgan fingerprint density at radius 3 is 2.66 bits per heavy atom. The lowest BCUT2D eigenvalue weighted by atomic mass is 10.0. The second kappa shape index (κ2) is 8.02. The molecule has 0 amide bonds. The van der Waals surface area contributed by atoms with Crippen LogP contribution in [0.15, 0.2) is 40.1 Å². The maximum atomic E-state index is 13.3. The Kier molecular flexibility index (Phi) is 5.50. The fraction of sp³-hybridized carbons (Fsp3) is 0.238. The monoisotopic (exact) mass is 389 g/mol. The summed E-state index contributed by atoms with van der Waals surface area (Å²) in [4.78, 5) is 48.8. The van der Waals surface area contributed by atoms with E-state index < -0.39 is 17.0 Å².